The highest BCUT2D eigenvalue weighted by Gasteiger charge is 2.15. The van der Waals surface area contributed by atoms with E-state index in [1.54, 1.807) is 11.0 Å². The quantitative estimate of drug-likeness (QED) is 0.778. The van der Waals surface area contributed by atoms with Crippen LogP contribution in [0.25, 0.3) is 0 Å². The molecule has 0 spiro atoms. The Hall–Kier alpha value is -1.16. The summed E-state index contributed by atoms with van der Waals surface area (Å²) in [5.74, 6) is -0.607. The van der Waals surface area contributed by atoms with Crippen LogP contribution in [0.3, 0.4) is 0 Å². The molecule has 1 aromatic rings. The van der Waals surface area contributed by atoms with E-state index in [4.69, 9.17) is 0 Å². The minimum Gasteiger partial charge on any atom is -0.335 e. The van der Waals surface area contributed by atoms with Crippen LogP contribution in [-0.2, 0) is 0 Å². The van der Waals surface area contributed by atoms with Gasteiger partial charge in [-0.3, -0.25) is 4.79 Å². The average Bonchev–Trinajstić information content (AvgIpc) is 2.28. The fourth-order valence-corrected chi connectivity index (χ4v) is 1.71. The predicted molar refractivity (Wildman–Crippen MR) is 70.5 cm³/mol. The van der Waals surface area contributed by atoms with E-state index in [2.05, 4.69) is 22.5 Å². The fourth-order valence-electron chi connectivity index (χ4n) is 1.46. The Kier molecular flexibility index (Phi) is 4.87. The first-order valence-electron chi connectivity index (χ1n) is 5.34. The molecule has 2 nitrogen and oxygen atoms in total. The molecule has 0 aliphatic heterocycles. The summed E-state index contributed by atoms with van der Waals surface area (Å²) >= 11 is 3.06. The van der Waals surface area contributed by atoms with Gasteiger partial charge in [0.05, 0.1) is 4.47 Å². The lowest BCUT2D eigenvalue weighted by atomic mass is 10.2. The van der Waals surface area contributed by atoms with Crippen molar-refractivity contribution >= 4 is 21.8 Å². The highest BCUT2D eigenvalue weighted by atomic mass is 79.9. The van der Waals surface area contributed by atoms with Gasteiger partial charge in [0.15, 0.2) is 0 Å². The van der Waals surface area contributed by atoms with Crippen LogP contribution in [0.2, 0.25) is 0 Å². The van der Waals surface area contributed by atoms with Crippen molar-refractivity contribution in [3.05, 3.63) is 46.2 Å². The van der Waals surface area contributed by atoms with Crippen LogP contribution >= 0.6 is 15.9 Å². The molecule has 0 bridgehead atoms. The number of hydrogen-bond acceptors (Lipinski definition) is 1. The van der Waals surface area contributed by atoms with Crippen molar-refractivity contribution < 1.29 is 9.18 Å². The van der Waals surface area contributed by atoms with E-state index in [9.17, 15) is 9.18 Å². The molecule has 0 saturated carbocycles. The number of carbonyl (C=O) groups is 1. The summed E-state index contributed by atoms with van der Waals surface area (Å²) in [7, 11) is 0. The van der Waals surface area contributed by atoms with E-state index >= 15 is 0 Å². The molecule has 0 N–H and O–H groups in total. The minimum absolute atomic E-state index is 0.179. The van der Waals surface area contributed by atoms with Crippen LogP contribution in [-0.4, -0.2) is 23.9 Å². The van der Waals surface area contributed by atoms with E-state index in [1.165, 1.54) is 12.1 Å². The van der Waals surface area contributed by atoms with Crippen molar-refractivity contribution in [1.82, 2.24) is 4.90 Å². The lowest BCUT2D eigenvalue weighted by molar-refractivity contribution is 0.0778. The first-order valence-corrected chi connectivity index (χ1v) is 6.13. The summed E-state index contributed by atoms with van der Waals surface area (Å²) in [5, 5.41) is 0. The maximum atomic E-state index is 13.3. The van der Waals surface area contributed by atoms with Gasteiger partial charge >= 0.3 is 0 Å². The fraction of sp³-hybridized carbons (Fsp3) is 0.308. The average molecular weight is 300 g/mol. The second kappa shape index (κ2) is 5.96. The molecule has 1 rings (SSSR count). The summed E-state index contributed by atoms with van der Waals surface area (Å²) in [6, 6.07) is 4.39. The van der Waals surface area contributed by atoms with E-state index in [0.717, 1.165) is 5.57 Å². The molecular weight excluding hydrogens is 285 g/mol. The molecule has 92 valence electrons. The number of benzene rings is 1. The van der Waals surface area contributed by atoms with Crippen LogP contribution in [0.4, 0.5) is 4.39 Å². The Morgan fingerprint density at radius 2 is 2.18 bits per heavy atom. The molecule has 4 heteroatoms. The van der Waals surface area contributed by atoms with Gasteiger partial charge in [-0.15, -0.1) is 0 Å². The van der Waals surface area contributed by atoms with Gasteiger partial charge in [0.25, 0.3) is 5.91 Å². The van der Waals surface area contributed by atoms with Gasteiger partial charge in [0.2, 0.25) is 0 Å². The molecule has 1 amide bonds. The SMILES string of the molecule is C=C(C)CN(CC)C(=O)c1ccc(Br)c(F)c1. The second-order valence-corrected chi connectivity index (χ2v) is 4.76. The van der Waals surface area contributed by atoms with Crippen molar-refractivity contribution in [3.63, 3.8) is 0 Å². The maximum absolute atomic E-state index is 13.3. The molecule has 0 fully saturated rings. The number of rotatable bonds is 4. The molecule has 0 aliphatic carbocycles. The molecule has 0 saturated heterocycles. The molecular formula is C13H15BrFNO. The van der Waals surface area contributed by atoms with Crippen molar-refractivity contribution in [3.8, 4) is 0 Å². The van der Waals surface area contributed by atoms with Gasteiger partial charge in [-0.1, -0.05) is 12.2 Å². The van der Waals surface area contributed by atoms with Crippen LogP contribution in [0.1, 0.15) is 24.2 Å². The van der Waals surface area contributed by atoms with Crippen LogP contribution in [0.15, 0.2) is 34.8 Å². The highest BCUT2D eigenvalue weighted by Crippen LogP contribution is 2.17. The van der Waals surface area contributed by atoms with E-state index in [0.29, 0.717) is 23.1 Å². The first-order chi connectivity index (χ1) is 7.95. The summed E-state index contributed by atoms with van der Waals surface area (Å²) < 4.78 is 13.7. The van der Waals surface area contributed by atoms with Gasteiger partial charge in [0, 0.05) is 18.7 Å². The van der Waals surface area contributed by atoms with Crippen molar-refractivity contribution in [2.24, 2.45) is 0 Å². The highest BCUT2D eigenvalue weighted by molar-refractivity contribution is 9.10. The zero-order valence-corrected chi connectivity index (χ0v) is 11.6. The van der Waals surface area contributed by atoms with Gasteiger partial charge < -0.3 is 4.90 Å². The third-order valence-electron chi connectivity index (χ3n) is 2.30. The zero-order chi connectivity index (χ0) is 13.0. The lowest BCUT2D eigenvalue weighted by Crippen LogP contribution is -2.32. The molecule has 0 radical (unpaired) electrons. The van der Waals surface area contributed by atoms with E-state index in [1.807, 2.05) is 13.8 Å². The topological polar surface area (TPSA) is 20.3 Å². The molecule has 17 heavy (non-hydrogen) atoms. The Labute approximate surface area is 109 Å². The molecule has 0 atom stereocenters. The van der Waals surface area contributed by atoms with E-state index in [-0.39, 0.29) is 5.91 Å². The van der Waals surface area contributed by atoms with Crippen molar-refractivity contribution in [1.29, 1.82) is 0 Å². The number of nitrogens with zero attached hydrogens (tertiary/aromatic N) is 1. The summed E-state index contributed by atoms with van der Waals surface area (Å²) in [6.45, 7) is 8.59. The zero-order valence-electron chi connectivity index (χ0n) is 9.96. The Bertz CT molecular complexity index is 445. The summed E-state index contributed by atoms with van der Waals surface area (Å²) in [5.41, 5.74) is 1.26. The number of likely N-dealkylation sites (N-methyl/N-ethyl adjacent to an activating group) is 1. The van der Waals surface area contributed by atoms with Crippen LogP contribution in [0, 0.1) is 5.82 Å². The third-order valence-corrected chi connectivity index (χ3v) is 2.94. The largest absolute Gasteiger partial charge is 0.335 e. The predicted octanol–water partition coefficient (Wildman–Crippen LogP) is 3.63. The van der Waals surface area contributed by atoms with Gasteiger partial charge in [-0.2, -0.15) is 0 Å². The minimum atomic E-state index is -0.428. The lowest BCUT2D eigenvalue weighted by Gasteiger charge is -2.21. The first kappa shape index (κ1) is 13.9. The third kappa shape index (κ3) is 3.66. The number of amides is 1. The van der Waals surface area contributed by atoms with Gasteiger partial charge in [-0.05, 0) is 48.0 Å². The normalized spacial score (nSPS) is 10.1. The monoisotopic (exact) mass is 299 g/mol. The van der Waals surface area contributed by atoms with E-state index < -0.39 is 5.82 Å². The van der Waals surface area contributed by atoms with Gasteiger partial charge in [-0.25, -0.2) is 4.39 Å². The van der Waals surface area contributed by atoms with Crippen LogP contribution < -0.4 is 0 Å². The standard InChI is InChI=1S/C13H15BrFNO/c1-4-16(8-9(2)3)13(17)10-5-6-11(14)12(15)7-10/h5-7H,2,4,8H2,1,3H3. The Balaban J connectivity index is 2.93. The Morgan fingerprint density at radius 1 is 1.53 bits per heavy atom. The summed E-state index contributed by atoms with van der Waals surface area (Å²) in [4.78, 5) is 13.7. The Morgan fingerprint density at radius 3 is 2.65 bits per heavy atom. The van der Waals surface area contributed by atoms with Crippen molar-refractivity contribution in [2.75, 3.05) is 13.1 Å². The molecule has 0 aliphatic rings. The van der Waals surface area contributed by atoms with Gasteiger partial charge in [0.1, 0.15) is 5.82 Å². The smallest absolute Gasteiger partial charge is 0.254 e. The molecule has 0 heterocycles. The summed E-state index contributed by atoms with van der Waals surface area (Å²) in [6.07, 6.45) is 0. The molecule has 0 aromatic heterocycles. The maximum Gasteiger partial charge on any atom is 0.254 e. The number of carbonyl (C=O) groups excluding carboxylic acids is 1. The molecule has 1 aromatic carbocycles. The number of halogens is 2. The molecule has 0 unspecified atom stereocenters. The van der Waals surface area contributed by atoms with Crippen LogP contribution in [0.5, 0.6) is 0 Å². The number of hydrogen-bond donors (Lipinski definition) is 0. The second-order valence-electron chi connectivity index (χ2n) is 3.91. The van der Waals surface area contributed by atoms with Crippen molar-refractivity contribution in [2.45, 2.75) is 13.8 Å².